The van der Waals surface area contributed by atoms with Gasteiger partial charge in [0.1, 0.15) is 12.2 Å². The van der Waals surface area contributed by atoms with Crippen molar-refractivity contribution in [3.63, 3.8) is 0 Å². The fourth-order valence-corrected chi connectivity index (χ4v) is 13.5. The van der Waals surface area contributed by atoms with E-state index in [0.717, 1.165) is 25.7 Å². The summed E-state index contributed by atoms with van der Waals surface area (Å²) in [5, 5.41) is 11.2. The molecular weight excluding hydrogens is 594 g/mol. The van der Waals surface area contributed by atoms with Gasteiger partial charge in [0.05, 0.1) is 37.1 Å². The molecule has 2 spiro atoms. The zero-order valence-corrected chi connectivity index (χ0v) is 30.5. The third kappa shape index (κ3) is 4.80. The average molecular weight is 658 g/mol. The van der Waals surface area contributed by atoms with Crippen LogP contribution in [0.2, 0.25) is 0 Å². The van der Waals surface area contributed by atoms with Crippen LogP contribution < -0.4 is 0 Å². The maximum atomic E-state index is 13.2. The first-order valence-electron chi connectivity index (χ1n) is 19.1. The Morgan fingerprint density at radius 1 is 1.09 bits per heavy atom. The predicted molar refractivity (Wildman–Crippen MR) is 180 cm³/mol. The number of hydrogen-bond donors (Lipinski definition) is 1. The van der Waals surface area contributed by atoms with Gasteiger partial charge >= 0.3 is 6.09 Å². The quantitative estimate of drug-likeness (QED) is 0.302. The van der Waals surface area contributed by atoms with Crippen LogP contribution in [0.15, 0.2) is 11.6 Å². The maximum absolute atomic E-state index is 13.2. The molecule has 2 saturated heterocycles. The number of carbonyl (C=O) groups excluding carboxylic acids is 1. The Kier molecular flexibility index (Phi) is 8.72. The van der Waals surface area contributed by atoms with Crippen molar-refractivity contribution < 1.29 is 33.6 Å². The van der Waals surface area contributed by atoms with Gasteiger partial charge < -0.3 is 33.7 Å². The van der Waals surface area contributed by atoms with E-state index in [1.165, 1.54) is 31.3 Å². The van der Waals surface area contributed by atoms with Gasteiger partial charge in [-0.05, 0) is 131 Å². The van der Waals surface area contributed by atoms with Gasteiger partial charge in [-0.3, -0.25) is 0 Å². The van der Waals surface area contributed by atoms with Crippen LogP contribution in [0.1, 0.15) is 107 Å². The van der Waals surface area contributed by atoms with E-state index in [1.807, 2.05) is 25.7 Å². The van der Waals surface area contributed by atoms with Crippen LogP contribution in [0.4, 0.5) is 4.79 Å². The van der Waals surface area contributed by atoms with Crippen molar-refractivity contribution in [1.82, 2.24) is 4.90 Å². The molecule has 47 heavy (non-hydrogen) atoms. The van der Waals surface area contributed by atoms with Crippen LogP contribution in [-0.4, -0.2) is 91.7 Å². The van der Waals surface area contributed by atoms with Crippen molar-refractivity contribution >= 4 is 6.09 Å². The monoisotopic (exact) mass is 657 g/mol. The fourth-order valence-electron chi connectivity index (χ4n) is 13.5. The minimum atomic E-state index is -0.990. The van der Waals surface area contributed by atoms with Gasteiger partial charge in [0.25, 0.3) is 0 Å². The molecule has 0 radical (unpaired) electrons. The molecule has 2 heterocycles. The summed E-state index contributed by atoms with van der Waals surface area (Å²) < 4.78 is 32.1. The normalized spacial score (nSPS) is 48.9. The summed E-state index contributed by atoms with van der Waals surface area (Å²) in [4.78, 5) is 15.0. The molecule has 0 aromatic rings. The number of allylic oxidation sites excluding steroid dienone is 1. The molecule has 0 bridgehead atoms. The SMILES string of the molecule is C/C=C1\C(OC(=O)N2CCOCC2)CCC23CC24CCC2(C)C5C(OC(C(OCC)C(C)(C)O)C[C@H]5C)[C@H](OCC)[C@@]2(C)C4CC[C@@H]13. The summed E-state index contributed by atoms with van der Waals surface area (Å²) in [7, 11) is 0. The lowest BCUT2D eigenvalue weighted by Crippen LogP contribution is -2.58. The number of aliphatic hydroxyl groups is 1. The van der Waals surface area contributed by atoms with E-state index in [-0.39, 0.29) is 47.4 Å². The van der Waals surface area contributed by atoms with Crippen molar-refractivity contribution in [3.8, 4) is 0 Å². The number of hydrogen-bond acceptors (Lipinski definition) is 7. The Morgan fingerprint density at radius 2 is 1.83 bits per heavy atom. The smallest absolute Gasteiger partial charge is 0.410 e. The molecule has 5 aliphatic carbocycles. The summed E-state index contributed by atoms with van der Waals surface area (Å²) in [6, 6.07) is 0. The molecule has 13 atom stereocenters. The highest BCUT2D eigenvalue weighted by Gasteiger charge is 2.84. The van der Waals surface area contributed by atoms with E-state index < -0.39 is 5.60 Å². The Morgan fingerprint density at radius 3 is 2.49 bits per heavy atom. The van der Waals surface area contributed by atoms with E-state index in [0.29, 0.717) is 74.0 Å². The lowest BCUT2D eigenvalue weighted by Gasteiger charge is -2.62. The van der Waals surface area contributed by atoms with Crippen LogP contribution in [0.25, 0.3) is 0 Å². The molecule has 0 aromatic carbocycles. The zero-order chi connectivity index (χ0) is 33.6. The topological polar surface area (TPSA) is 86.7 Å². The van der Waals surface area contributed by atoms with E-state index in [1.54, 1.807) is 0 Å². The number of rotatable bonds is 7. The van der Waals surface area contributed by atoms with Crippen LogP contribution in [0.5, 0.6) is 0 Å². The lowest BCUT2D eigenvalue weighted by molar-refractivity contribution is -0.220. The summed E-state index contributed by atoms with van der Waals surface area (Å²) in [6.45, 7) is 21.3. The molecule has 266 valence electrons. The number of carbonyl (C=O) groups is 1. The molecule has 8 nitrogen and oxygen atoms in total. The van der Waals surface area contributed by atoms with Gasteiger partial charge in [0.2, 0.25) is 0 Å². The van der Waals surface area contributed by atoms with Gasteiger partial charge in [0, 0.05) is 31.7 Å². The van der Waals surface area contributed by atoms with Crippen LogP contribution >= 0.6 is 0 Å². The lowest BCUT2D eigenvalue weighted by atomic mass is 9.42. The summed E-state index contributed by atoms with van der Waals surface area (Å²) in [5.74, 6) is 1.92. The fraction of sp³-hybridized carbons (Fsp3) is 0.923. The van der Waals surface area contributed by atoms with E-state index in [2.05, 4.69) is 40.7 Å². The Hall–Kier alpha value is -1.19. The molecular formula is C39H63NO7. The third-order valence-corrected chi connectivity index (χ3v) is 15.3. The largest absolute Gasteiger partial charge is 0.442 e. The van der Waals surface area contributed by atoms with Crippen LogP contribution in [0.3, 0.4) is 0 Å². The number of ether oxygens (including phenoxy) is 5. The van der Waals surface area contributed by atoms with Crippen LogP contribution in [-0.2, 0) is 23.7 Å². The highest BCUT2D eigenvalue weighted by Crippen LogP contribution is 2.88. The van der Waals surface area contributed by atoms with Crippen molar-refractivity contribution in [1.29, 1.82) is 0 Å². The van der Waals surface area contributed by atoms with Gasteiger partial charge in [-0.1, -0.05) is 26.8 Å². The first kappa shape index (κ1) is 34.3. The van der Waals surface area contributed by atoms with Gasteiger partial charge in [-0.2, -0.15) is 0 Å². The molecule has 7 fully saturated rings. The second-order valence-electron chi connectivity index (χ2n) is 17.5. The van der Waals surface area contributed by atoms with E-state index in [9.17, 15) is 9.90 Å². The average Bonchev–Trinajstić information content (AvgIpc) is 3.66. The summed E-state index contributed by atoms with van der Waals surface area (Å²) >= 11 is 0. The Bertz CT molecular complexity index is 1230. The number of amides is 1. The summed E-state index contributed by atoms with van der Waals surface area (Å²) in [5.41, 5.74) is 1.09. The van der Waals surface area contributed by atoms with Crippen LogP contribution in [0, 0.1) is 45.3 Å². The molecule has 7 aliphatic rings. The second kappa shape index (κ2) is 12.0. The molecule has 1 amide bonds. The predicted octanol–water partition coefficient (Wildman–Crippen LogP) is 6.78. The van der Waals surface area contributed by atoms with Gasteiger partial charge in [0.15, 0.2) is 0 Å². The molecule has 0 aromatic heterocycles. The standard InChI is InChI=1S/C39H63NO7/c1-9-25-26-12-13-29-37(8)33(45-11-3)31-30(24(4)22-28(46-31)32(44-10-2)35(5,6)42)36(37,7)16-17-39(29)23-38(26,39)15-14-27(25)47-34(41)40-18-20-43-21-19-40/h9,24,26-33,42H,10-23H2,1-8H3/b25-9-/t24-,26+,27?,28?,29?,30?,31?,32?,33+,36?,37-,38?,39?/m1/s1. The van der Waals surface area contributed by atoms with Crippen molar-refractivity contribution in [2.75, 3.05) is 39.5 Å². The van der Waals surface area contributed by atoms with Gasteiger partial charge in [-0.15, -0.1) is 0 Å². The highest BCUT2D eigenvalue weighted by atomic mass is 16.6. The molecule has 8 heteroatoms. The third-order valence-electron chi connectivity index (χ3n) is 15.3. The number of morpholine rings is 1. The highest BCUT2D eigenvalue weighted by molar-refractivity contribution is 5.68. The first-order chi connectivity index (χ1) is 22.3. The Labute approximate surface area is 283 Å². The van der Waals surface area contributed by atoms with Gasteiger partial charge in [-0.25, -0.2) is 4.79 Å². The maximum Gasteiger partial charge on any atom is 0.410 e. The summed E-state index contributed by atoms with van der Waals surface area (Å²) in [6.07, 6.45) is 10.6. The molecule has 5 saturated carbocycles. The number of fused-ring (bicyclic) bond motifs is 4. The van der Waals surface area contributed by atoms with E-state index >= 15 is 0 Å². The minimum absolute atomic E-state index is 0.00647. The number of nitrogens with zero attached hydrogens (tertiary/aromatic N) is 1. The van der Waals surface area contributed by atoms with Crippen molar-refractivity contribution in [3.05, 3.63) is 11.6 Å². The first-order valence-corrected chi connectivity index (χ1v) is 19.1. The van der Waals surface area contributed by atoms with Crippen molar-refractivity contribution in [2.45, 2.75) is 143 Å². The molecule has 1 N–H and O–H groups in total. The zero-order valence-electron chi connectivity index (χ0n) is 30.5. The Balaban J connectivity index is 1.17. The second-order valence-corrected chi connectivity index (χ2v) is 17.5. The molecule has 7 rings (SSSR count). The molecule has 2 aliphatic heterocycles. The van der Waals surface area contributed by atoms with E-state index in [4.69, 9.17) is 23.7 Å². The molecule has 9 unspecified atom stereocenters. The minimum Gasteiger partial charge on any atom is -0.442 e. The van der Waals surface area contributed by atoms with Crippen molar-refractivity contribution in [2.24, 2.45) is 45.3 Å².